The van der Waals surface area contributed by atoms with Crippen molar-refractivity contribution in [2.24, 2.45) is 0 Å². The predicted octanol–water partition coefficient (Wildman–Crippen LogP) is 1.72. The second-order valence-electron chi connectivity index (χ2n) is 4.95. The molecule has 1 heterocycles. The highest BCUT2D eigenvalue weighted by Gasteiger charge is 2.35. The molecule has 1 aliphatic heterocycles. The van der Waals surface area contributed by atoms with Crippen LogP contribution in [0.25, 0.3) is 0 Å². The lowest BCUT2D eigenvalue weighted by molar-refractivity contribution is -0.264. The van der Waals surface area contributed by atoms with E-state index in [4.69, 9.17) is 18.9 Å². The quantitative estimate of drug-likeness (QED) is 0.891. The minimum atomic E-state index is -0.526. The number of aliphatic hydroxyl groups excluding tert-OH is 1. The third-order valence-corrected chi connectivity index (χ3v) is 3.52. The van der Waals surface area contributed by atoms with Gasteiger partial charge in [-0.15, -0.1) is 0 Å². The fourth-order valence-corrected chi connectivity index (χ4v) is 2.21. The average Bonchev–Trinajstić information content (AvgIpc) is 2.48. The Labute approximate surface area is 119 Å². The van der Waals surface area contributed by atoms with E-state index in [2.05, 4.69) is 0 Å². The van der Waals surface area contributed by atoms with Crippen molar-refractivity contribution in [3.63, 3.8) is 0 Å². The largest absolute Gasteiger partial charge is 0.497 e. The van der Waals surface area contributed by atoms with Gasteiger partial charge in [-0.1, -0.05) is 12.1 Å². The first kappa shape index (κ1) is 15.3. The molecular weight excluding hydrogens is 260 g/mol. The highest BCUT2D eigenvalue weighted by atomic mass is 16.7. The first-order chi connectivity index (χ1) is 9.63. The van der Waals surface area contributed by atoms with Gasteiger partial charge in [-0.05, 0) is 24.6 Å². The molecule has 0 saturated carbocycles. The third-order valence-electron chi connectivity index (χ3n) is 3.52. The summed E-state index contributed by atoms with van der Waals surface area (Å²) in [5, 5.41) is 9.85. The summed E-state index contributed by atoms with van der Waals surface area (Å²) in [6.07, 6.45) is -0.960. The molecule has 1 N–H and O–H groups in total. The normalized spacial score (nSPS) is 30.2. The standard InChI is InChI=1S/C15H22O5/c1-10-13(16)8-14(15(18-3)20-10)19-9-11-4-6-12(17-2)7-5-11/h4-7,10,13-16H,8-9H2,1-3H3/t10-,13-,14-,15-/m1/s1. The van der Waals surface area contributed by atoms with Gasteiger partial charge in [-0.25, -0.2) is 0 Å². The molecule has 1 aromatic rings. The highest BCUT2D eigenvalue weighted by Crippen LogP contribution is 2.24. The van der Waals surface area contributed by atoms with Crippen LogP contribution in [0.4, 0.5) is 0 Å². The summed E-state index contributed by atoms with van der Waals surface area (Å²) in [7, 11) is 3.22. The van der Waals surface area contributed by atoms with E-state index in [9.17, 15) is 5.11 Å². The lowest BCUT2D eigenvalue weighted by Crippen LogP contribution is -2.47. The molecule has 1 fully saturated rings. The van der Waals surface area contributed by atoms with Crippen LogP contribution < -0.4 is 4.74 Å². The van der Waals surface area contributed by atoms with Gasteiger partial charge in [-0.2, -0.15) is 0 Å². The zero-order valence-corrected chi connectivity index (χ0v) is 12.1. The van der Waals surface area contributed by atoms with Crippen molar-refractivity contribution >= 4 is 0 Å². The minimum Gasteiger partial charge on any atom is -0.497 e. The zero-order valence-electron chi connectivity index (χ0n) is 12.1. The second kappa shape index (κ2) is 7.04. The molecule has 2 rings (SSSR count). The Morgan fingerprint density at radius 2 is 1.95 bits per heavy atom. The summed E-state index contributed by atoms with van der Waals surface area (Å²) in [4.78, 5) is 0. The molecule has 5 nitrogen and oxygen atoms in total. The average molecular weight is 282 g/mol. The maximum atomic E-state index is 9.85. The molecule has 20 heavy (non-hydrogen) atoms. The van der Waals surface area contributed by atoms with E-state index in [0.29, 0.717) is 13.0 Å². The maximum absolute atomic E-state index is 9.85. The van der Waals surface area contributed by atoms with Gasteiger partial charge in [0.15, 0.2) is 6.29 Å². The van der Waals surface area contributed by atoms with E-state index in [1.54, 1.807) is 14.2 Å². The minimum absolute atomic E-state index is 0.235. The SMILES string of the molecule is COc1ccc(CO[C@@H]2C[C@@H](O)[C@@H](C)O[C@H]2OC)cc1. The smallest absolute Gasteiger partial charge is 0.183 e. The molecule has 0 amide bonds. The van der Waals surface area contributed by atoms with Gasteiger partial charge in [0.25, 0.3) is 0 Å². The van der Waals surface area contributed by atoms with Crippen LogP contribution in [0.2, 0.25) is 0 Å². The summed E-state index contributed by atoms with van der Waals surface area (Å²) in [5.74, 6) is 0.814. The lowest BCUT2D eigenvalue weighted by Gasteiger charge is -2.37. The topological polar surface area (TPSA) is 57.2 Å². The number of rotatable bonds is 5. The molecule has 4 atom stereocenters. The molecule has 0 radical (unpaired) electrons. The number of hydrogen-bond acceptors (Lipinski definition) is 5. The summed E-state index contributed by atoms with van der Waals surface area (Å²) in [6.45, 7) is 2.27. The van der Waals surface area contributed by atoms with Crippen molar-refractivity contribution in [2.45, 2.75) is 44.6 Å². The Kier molecular flexibility index (Phi) is 5.37. The van der Waals surface area contributed by atoms with Gasteiger partial charge in [0.05, 0.1) is 25.9 Å². The molecule has 0 bridgehead atoms. The van der Waals surface area contributed by atoms with Gasteiger partial charge in [0, 0.05) is 13.5 Å². The van der Waals surface area contributed by atoms with Gasteiger partial charge in [0.1, 0.15) is 11.9 Å². The number of hydrogen-bond donors (Lipinski definition) is 1. The third kappa shape index (κ3) is 3.70. The Hall–Kier alpha value is -1.14. The van der Waals surface area contributed by atoms with Crippen LogP contribution >= 0.6 is 0 Å². The van der Waals surface area contributed by atoms with E-state index < -0.39 is 12.4 Å². The first-order valence-electron chi connectivity index (χ1n) is 6.75. The van der Waals surface area contributed by atoms with E-state index in [1.165, 1.54) is 0 Å². The highest BCUT2D eigenvalue weighted by molar-refractivity contribution is 5.26. The molecule has 0 spiro atoms. The first-order valence-corrected chi connectivity index (χ1v) is 6.75. The van der Waals surface area contributed by atoms with E-state index in [1.807, 2.05) is 31.2 Å². The van der Waals surface area contributed by atoms with Crippen molar-refractivity contribution in [3.8, 4) is 5.75 Å². The molecule has 0 aliphatic carbocycles. The molecule has 0 unspecified atom stereocenters. The van der Waals surface area contributed by atoms with Crippen LogP contribution in [-0.2, 0) is 20.8 Å². The molecule has 0 aromatic heterocycles. The molecule has 1 aliphatic rings. The number of ether oxygens (including phenoxy) is 4. The van der Waals surface area contributed by atoms with Gasteiger partial charge >= 0.3 is 0 Å². The Morgan fingerprint density at radius 1 is 1.25 bits per heavy atom. The Balaban J connectivity index is 1.90. The van der Waals surface area contributed by atoms with Crippen molar-refractivity contribution in [1.82, 2.24) is 0 Å². The number of aliphatic hydroxyl groups is 1. The number of benzene rings is 1. The second-order valence-corrected chi connectivity index (χ2v) is 4.95. The van der Waals surface area contributed by atoms with E-state index in [-0.39, 0.29) is 12.2 Å². The van der Waals surface area contributed by atoms with Crippen LogP contribution in [0, 0.1) is 0 Å². The zero-order chi connectivity index (χ0) is 14.5. The summed E-state index contributed by atoms with van der Waals surface area (Å²) in [6, 6.07) is 7.67. The summed E-state index contributed by atoms with van der Waals surface area (Å²) in [5.41, 5.74) is 1.04. The van der Waals surface area contributed by atoms with Crippen LogP contribution in [0.5, 0.6) is 5.75 Å². The lowest BCUT2D eigenvalue weighted by atomic mass is 10.0. The van der Waals surface area contributed by atoms with Crippen LogP contribution in [0.1, 0.15) is 18.9 Å². The fraction of sp³-hybridized carbons (Fsp3) is 0.600. The van der Waals surface area contributed by atoms with E-state index in [0.717, 1.165) is 11.3 Å². The van der Waals surface area contributed by atoms with Crippen molar-refractivity contribution in [2.75, 3.05) is 14.2 Å². The molecule has 112 valence electrons. The van der Waals surface area contributed by atoms with E-state index >= 15 is 0 Å². The van der Waals surface area contributed by atoms with Gasteiger partial charge in [-0.3, -0.25) is 0 Å². The number of methoxy groups -OCH3 is 2. The summed E-state index contributed by atoms with van der Waals surface area (Å²) < 4.78 is 21.8. The van der Waals surface area contributed by atoms with Gasteiger partial charge in [0.2, 0.25) is 0 Å². The Bertz CT molecular complexity index is 405. The van der Waals surface area contributed by atoms with Crippen LogP contribution in [0.3, 0.4) is 0 Å². The maximum Gasteiger partial charge on any atom is 0.183 e. The molecular formula is C15H22O5. The molecule has 1 aromatic carbocycles. The van der Waals surface area contributed by atoms with Crippen molar-refractivity contribution in [3.05, 3.63) is 29.8 Å². The van der Waals surface area contributed by atoms with Crippen LogP contribution in [-0.4, -0.2) is 43.9 Å². The van der Waals surface area contributed by atoms with Crippen LogP contribution in [0.15, 0.2) is 24.3 Å². The van der Waals surface area contributed by atoms with Crippen molar-refractivity contribution < 1.29 is 24.1 Å². The summed E-state index contributed by atoms with van der Waals surface area (Å²) >= 11 is 0. The fourth-order valence-electron chi connectivity index (χ4n) is 2.21. The van der Waals surface area contributed by atoms with Gasteiger partial charge < -0.3 is 24.1 Å². The monoisotopic (exact) mass is 282 g/mol. The molecule has 5 heteroatoms. The predicted molar refractivity (Wildman–Crippen MR) is 73.5 cm³/mol. The Morgan fingerprint density at radius 3 is 2.55 bits per heavy atom. The van der Waals surface area contributed by atoms with Crippen molar-refractivity contribution in [1.29, 1.82) is 0 Å². The molecule has 1 saturated heterocycles.